The van der Waals surface area contributed by atoms with Crippen molar-refractivity contribution in [2.75, 3.05) is 13.6 Å². The van der Waals surface area contributed by atoms with Gasteiger partial charge in [0, 0.05) is 13.1 Å². The van der Waals surface area contributed by atoms with Gasteiger partial charge < -0.3 is 10.0 Å². The molecule has 0 radical (unpaired) electrons. The standard InChI is InChI=1S/C17H25NO/c1-3-15-7-6-8-16(13-15)14-18(2)12-11-17(19)9-4-5-10-17/h3,6-8,13,19H,1,4-5,9-12,14H2,2H3. The fraction of sp³-hybridized carbons (Fsp3) is 0.529. The van der Waals surface area contributed by atoms with Gasteiger partial charge in [-0.05, 0) is 37.4 Å². The monoisotopic (exact) mass is 259 g/mol. The van der Waals surface area contributed by atoms with Crippen LogP contribution < -0.4 is 0 Å². The van der Waals surface area contributed by atoms with Crippen molar-refractivity contribution in [1.82, 2.24) is 4.90 Å². The molecule has 2 rings (SSSR count). The van der Waals surface area contributed by atoms with Crippen LogP contribution in [-0.4, -0.2) is 29.2 Å². The first kappa shape index (κ1) is 14.3. The van der Waals surface area contributed by atoms with E-state index < -0.39 is 5.60 Å². The smallest absolute Gasteiger partial charge is 0.0660 e. The lowest BCUT2D eigenvalue weighted by atomic mass is 9.98. The van der Waals surface area contributed by atoms with Crippen LogP contribution in [0, 0.1) is 0 Å². The summed E-state index contributed by atoms with van der Waals surface area (Å²) in [7, 11) is 2.12. The van der Waals surface area contributed by atoms with Crippen LogP contribution in [0.25, 0.3) is 6.08 Å². The molecule has 0 saturated heterocycles. The zero-order chi connectivity index (χ0) is 13.7. The molecule has 0 unspecified atom stereocenters. The van der Waals surface area contributed by atoms with Gasteiger partial charge in [0.15, 0.2) is 0 Å². The van der Waals surface area contributed by atoms with Gasteiger partial charge in [0.1, 0.15) is 0 Å². The summed E-state index contributed by atoms with van der Waals surface area (Å²) in [4.78, 5) is 2.29. The first-order valence-electron chi connectivity index (χ1n) is 7.24. The molecule has 0 atom stereocenters. The Balaban J connectivity index is 1.83. The number of hydrogen-bond acceptors (Lipinski definition) is 2. The molecule has 19 heavy (non-hydrogen) atoms. The first-order valence-corrected chi connectivity index (χ1v) is 7.24. The molecule has 0 heterocycles. The summed E-state index contributed by atoms with van der Waals surface area (Å²) in [6.07, 6.45) is 7.10. The highest BCUT2D eigenvalue weighted by Crippen LogP contribution is 2.32. The Hall–Kier alpha value is -1.12. The zero-order valence-corrected chi connectivity index (χ0v) is 11.9. The number of benzene rings is 1. The van der Waals surface area contributed by atoms with Gasteiger partial charge >= 0.3 is 0 Å². The van der Waals surface area contributed by atoms with Crippen molar-refractivity contribution in [3.63, 3.8) is 0 Å². The van der Waals surface area contributed by atoms with Crippen LogP contribution in [0.5, 0.6) is 0 Å². The topological polar surface area (TPSA) is 23.5 Å². The maximum absolute atomic E-state index is 10.3. The molecule has 1 aromatic carbocycles. The molecule has 104 valence electrons. The van der Waals surface area contributed by atoms with E-state index in [1.165, 1.54) is 24.0 Å². The van der Waals surface area contributed by atoms with Crippen molar-refractivity contribution < 1.29 is 5.11 Å². The number of hydrogen-bond donors (Lipinski definition) is 1. The van der Waals surface area contributed by atoms with Gasteiger partial charge in [0.25, 0.3) is 0 Å². The molecule has 1 aliphatic rings. The van der Waals surface area contributed by atoms with Crippen molar-refractivity contribution >= 4 is 6.08 Å². The molecule has 1 aliphatic carbocycles. The lowest BCUT2D eigenvalue weighted by Gasteiger charge is -2.25. The van der Waals surface area contributed by atoms with E-state index in [0.717, 1.165) is 32.4 Å². The minimum absolute atomic E-state index is 0.392. The van der Waals surface area contributed by atoms with Crippen LogP contribution in [0.1, 0.15) is 43.2 Å². The van der Waals surface area contributed by atoms with E-state index in [1.807, 2.05) is 6.08 Å². The SMILES string of the molecule is C=Cc1cccc(CN(C)CCC2(O)CCCC2)c1. The minimum Gasteiger partial charge on any atom is -0.390 e. The molecule has 1 N–H and O–H groups in total. The highest BCUT2D eigenvalue weighted by Gasteiger charge is 2.30. The molecule has 0 bridgehead atoms. The van der Waals surface area contributed by atoms with Gasteiger partial charge in [-0.3, -0.25) is 0 Å². The first-order chi connectivity index (χ1) is 9.11. The van der Waals surface area contributed by atoms with E-state index in [-0.39, 0.29) is 0 Å². The van der Waals surface area contributed by atoms with Gasteiger partial charge in [-0.25, -0.2) is 0 Å². The summed E-state index contributed by atoms with van der Waals surface area (Å²) < 4.78 is 0. The molecule has 0 amide bonds. The van der Waals surface area contributed by atoms with Gasteiger partial charge in [-0.2, -0.15) is 0 Å². The van der Waals surface area contributed by atoms with Crippen LogP contribution in [0.2, 0.25) is 0 Å². The number of aliphatic hydroxyl groups is 1. The Morgan fingerprint density at radius 1 is 1.37 bits per heavy atom. The van der Waals surface area contributed by atoms with Gasteiger partial charge in [0.05, 0.1) is 5.60 Å². The van der Waals surface area contributed by atoms with E-state index in [9.17, 15) is 5.11 Å². The quantitative estimate of drug-likeness (QED) is 0.845. The second-order valence-electron chi connectivity index (χ2n) is 5.87. The third kappa shape index (κ3) is 4.19. The highest BCUT2D eigenvalue weighted by molar-refractivity contribution is 5.47. The fourth-order valence-corrected chi connectivity index (χ4v) is 2.89. The second kappa shape index (κ2) is 6.36. The van der Waals surface area contributed by atoms with E-state index in [4.69, 9.17) is 0 Å². The lowest BCUT2D eigenvalue weighted by Crippen LogP contribution is -2.31. The molecular formula is C17H25NO. The molecule has 0 aromatic heterocycles. The average Bonchev–Trinajstić information content (AvgIpc) is 2.84. The Bertz CT molecular complexity index is 421. The van der Waals surface area contributed by atoms with Gasteiger partial charge in [-0.15, -0.1) is 0 Å². The summed E-state index contributed by atoms with van der Waals surface area (Å²) in [6, 6.07) is 8.46. The van der Waals surface area contributed by atoms with Crippen molar-refractivity contribution in [2.24, 2.45) is 0 Å². The van der Waals surface area contributed by atoms with E-state index in [2.05, 4.69) is 42.8 Å². The van der Waals surface area contributed by atoms with Crippen molar-refractivity contribution in [2.45, 2.75) is 44.2 Å². The largest absolute Gasteiger partial charge is 0.390 e. The third-order valence-corrected chi connectivity index (χ3v) is 4.13. The van der Waals surface area contributed by atoms with E-state index >= 15 is 0 Å². The molecule has 0 aliphatic heterocycles. The van der Waals surface area contributed by atoms with Crippen molar-refractivity contribution in [1.29, 1.82) is 0 Å². The summed E-state index contributed by atoms with van der Waals surface area (Å²) in [5.41, 5.74) is 2.08. The molecular weight excluding hydrogens is 234 g/mol. The zero-order valence-electron chi connectivity index (χ0n) is 11.9. The van der Waals surface area contributed by atoms with Gasteiger partial charge in [-0.1, -0.05) is 49.8 Å². The third-order valence-electron chi connectivity index (χ3n) is 4.13. The summed E-state index contributed by atoms with van der Waals surface area (Å²) in [6.45, 7) is 5.68. The molecule has 1 aromatic rings. The summed E-state index contributed by atoms with van der Waals surface area (Å²) in [5, 5.41) is 10.3. The predicted molar refractivity (Wildman–Crippen MR) is 80.9 cm³/mol. The Labute approximate surface area is 116 Å². The van der Waals surface area contributed by atoms with E-state index in [0.29, 0.717) is 0 Å². The maximum atomic E-state index is 10.3. The lowest BCUT2D eigenvalue weighted by molar-refractivity contribution is 0.0297. The number of rotatable bonds is 6. The second-order valence-corrected chi connectivity index (χ2v) is 5.87. The van der Waals surface area contributed by atoms with Crippen molar-refractivity contribution in [3.8, 4) is 0 Å². The average molecular weight is 259 g/mol. The van der Waals surface area contributed by atoms with Gasteiger partial charge in [0.2, 0.25) is 0 Å². The van der Waals surface area contributed by atoms with Crippen LogP contribution in [0.4, 0.5) is 0 Å². The van der Waals surface area contributed by atoms with Crippen LogP contribution in [-0.2, 0) is 6.54 Å². The highest BCUT2D eigenvalue weighted by atomic mass is 16.3. The Kier molecular flexibility index (Phi) is 4.78. The van der Waals surface area contributed by atoms with Crippen LogP contribution >= 0.6 is 0 Å². The molecule has 1 saturated carbocycles. The molecule has 1 fully saturated rings. The Morgan fingerprint density at radius 3 is 2.79 bits per heavy atom. The van der Waals surface area contributed by atoms with Crippen molar-refractivity contribution in [3.05, 3.63) is 42.0 Å². The maximum Gasteiger partial charge on any atom is 0.0660 e. The van der Waals surface area contributed by atoms with E-state index in [1.54, 1.807) is 0 Å². The Morgan fingerprint density at radius 2 is 2.11 bits per heavy atom. The normalized spacial score (nSPS) is 17.8. The molecule has 2 heteroatoms. The molecule has 2 nitrogen and oxygen atoms in total. The minimum atomic E-state index is -0.392. The van der Waals surface area contributed by atoms with Crippen LogP contribution in [0.3, 0.4) is 0 Å². The van der Waals surface area contributed by atoms with Crippen LogP contribution in [0.15, 0.2) is 30.8 Å². The molecule has 0 spiro atoms. The summed E-state index contributed by atoms with van der Waals surface area (Å²) in [5.74, 6) is 0. The fourth-order valence-electron chi connectivity index (χ4n) is 2.89. The number of nitrogens with zero attached hydrogens (tertiary/aromatic N) is 1. The predicted octanol–water partition coefficient (Wildman–Crippen LogP) is 3.46. The summed E-state index contributed by atoms with van der Waals surface area (Å²) >= 11 is 0.